The fraction of sp³-hybridized carbons (Fsp3) is 0.588. The Kier molecular flexibility index (Phi) is 5.37. The van der Waals surface area contributed by atoms with Gasteiger partial charge in [-0.05, 0) is 52.4 Å². The van der Waals surface area contributed by atoms with E-state index in [0.717, 1.165) is 25.3 Å². The number of likely N-dealkylation sites (N-methyl/N-ethyl adjacent to an activating group) is 1. The maximum atomic E-state index is 12.5. The highest BCUT2D eigenvalue weighted by Gasteiger charge is 2.34. The SMILES string of the molecule is CNCC1CCCN1CC(C)(C)C(=O)Nc1ccccc1. The molecule has 0 radical (unpaired) electrons. The molecule has 0 bridgehead atoms. The number of amides is 1. The van der Waals surface area contributed by atoms with Gasteiger partial charge < -0.3 is 10.6 Å². The number of likely N-dealkylation sites (tertiary alicyclic amines) is 1. The van der Waals surface area contributed by atoms with Gasteiger partial charge in [-0.2, -0.15) is 0 Å². The van der Waals surface area contributed by atoms with Crippen LogP contribution < -0.4 is 10.6 Å². The fourth-order valence-corrected chi connectivity index (χ4v) is 2.97. The number of hydrogen-bond donors (Lipinski definition) is 2. The maximum Gasteiger partial charge on any atom is 0.231 e. The molecular formula is C17H27N3O. The van der Waals surface area contributed by atoms with Gasteiger partial charge in [0.25, 0.3) is 0 Å². The fourth-order valence-electron chi connectivity index (χ4n) is 2.97. The quantitative estimate of drug-likeness (QED) is 0.845. The number of nitrogens with one attached hydrogen (secondary N) is 2. The first-order valence-electron chi connectivity index (χ1n) is 7.78. The third-order valence-electron chi connectivity index (χ3n) is 4.18. The molecule has 1 fully saturated rings. The first-order chi connectivity index (χ1) is 10.0. The minimum atomic E-state index is -0.397. The van der Waals surface area contributed by atoms with Crippen LogP contribution in [-0.2, 0) is 4.79 Å². The summed E-state index contributed by atoms with van der Waals surface area (Å²) in [6.45, 7) is 6.95. The molecule has 116 valence electrons. The molecule has 0 spiro atoms. The smallest absolute Gasteiger partial charge is 0.231 e. The van der Waals surface area contributed by atoms with Crippen molar-refractivity contribution in [2.24, 2.45) is 5.41 Å². The highest BCUT2D eigenvalue weighted by Crippen LogP contribution is 2.25. The van der Waals surface area contributed by atoms with E-state index in [4.69, 9.17) is 0 Å². The van der Waals surface area contributed by atoms with Crippen LogP contribution in [0.3, 0.4) is 0 Å². The van der Waals surface area contributed by atoms with Crippen molar-refractivity contribution in [3.8, 4) is 0 Å². The minimum Gasteiger partial charge on any atom is -0.326 e. The van der Waals surface area contributed by atoms with Crippen molar-refractivity contribution in [2.45, 2.75) is 32.7 Å². The van der Waals surface area contributed by atoms with Gasteiger partial charge in [-0.3, -0.25) is 9.69 Å². The largest absolute Gasteiger partial charge is 0.326 e. The summed E-state index contributed by atoms with van der Waals surface area (Å²) in [5, 5.41) is 6.27. The van der Waals surface area contributed by atoms with Crippen molar-refractivity contribution in [1.82, 2.24) is 10.2 Å². The van der Waals surface area contributed by atoms with E-state index in [-0.39, 0.29) is 5.91 Å². The molecule has 2 rings (SSSR count). The summed E-state index contributed by atoms with van der Waals surface area (Å²) in [6.07, 6.45) is 2.44. The number of carbonyl (C=O) groups excluding carboxylic acids is 1. The molecule has 1 amide bonds. The highest BCUT2D eigenvalue weighted by atomic mass is 16.2. The monoisotopic (exact) mass is 289 g/mol. The van der Waals surface area contributed by atoms with Gasteiger partial charge >= 0.3 is 0 Å². The second kappa shape index (κ2) is 7.05. The third-order valence-corrected chi connectivity index (χ3v) is 4.18. The van der Waals surface area contributed by atoms with E-state index in [1.54, 1.807) is 0 Å². The second-order valence-electron chi connectivity index (χ2n) is 6.53. The van der Waals surface area contributed by atoms with Crippen LogP contribution in [-0.4, -0.2) is 43.5 Å². The molecule has 0 aromatic heterocycles. The number of benzene rings is 1. The predicted molar refractivity (Wildman–Crippen MR) is 87.4 cm³/mol. The van der Waals surface area contributed by atoms with Crippen LogP contribution in [0, 0.1) is 5.41 Å². The lowest BCUT2D eigenvalue weighted by molar-refractivity contribution is -0.125. The molecule has 2 N–H and O–H groups in total. The minimum absolute atomic E-state index is 0.0869. The number of hydrogen-bond acceptors (Lipinski definition) is 3. The zero-order chi connectivity index (χ0) is 15.3. The van der Waals surface area contributed by atoms with Crippen LogP contribution in [0.5, 0.6) is 0 Å². The zero-order valence-corrected chi connectivity index (χ0v) is 13.4. The Bertz CT molecular complexity index is 458. The predicted octanol–water partition coefficient (Wildman–Crippen LogP) is 2.34. The van der Waals surface area contributed by atoms with Crippen LogP contribution in [0.15, 0.2) is 30.3 Å². The molecule has 1 aromatic rings. The molecule has 1 atom stereocenters. The Hall–Kier alpha value is -1.39. The number of rotatable bonds is 6. The van der Waals surface area contributed by atoms with Crippen LogP contribution in [0.1, 0.15) is 26.7 Å². The van der Waals surface area contributed by atoms with Gasteiger partial charge in [0.1, 0.15) is 0 Å². The summed E-state index contributed by atoms with van der Waals surface area (Å²) in [5.41, 5.74) is 0.468. The molecule has 1 aliphatic heterocycles. The van der Waals surface area contributed by atoms with E-state index in [1.165, 1.54) is 12.8 Å². The maximum absolute atomic E-state index is 12.5. The van der Waals surface area contributed by atoms with Crippen molar-refractivity contribution in [3.05, 3.63) is 30.3 Å². The van der Waals surface area contributed by atoms with Gasteiger partial charge in [0.2, 0.25) is 5.91 Å². The lowest BCUT2D eigenvalue weighted by Gasteiger charge is -2.32. The molecule has 1 heterocycles. The van der Waals surface area contributed by atoms with Gasteiger partial charge in [0, 0.05) is 24.8 Å². The lowest BCUT2D eigenvalue weighted by Crippen LogP contribution is -2.46. The van der Waals surface area contributed by atoms with Gasteiger partial charge in [-0.1, -0.05) is 18.2 Å². The number of carbonyl (C=O) groups is 1. The normalized spacial score (nSPS) is 19.7. The molecule has 21 heavy (non-hydrogen) atoms. The van der Waals surface area contributed by atoms with Crippen LogP contribution in [0.2, 0.25) is 0 Å². The molecule has 4 heteroatoms. The van der Waals surface area contributed by atoms with E-state index in [9.17, 15) is 4.79 Å². The molecule has 1 saturated heterocycles. The highest BCUT2D eigenvalue weighted by molar-refractivity contribution is 5.94. The van der Waals surface area contributed by atoms with E-state index >= 15 is 0 Å². The summed E-state index contributed by atoms with van der Waals surface area (Å²) >= 11 is 0. The molecule has 1 unspecified atom stereocenters. The Balaban J connectivity index is 1.95. The molecule has 1 aliphatic rings. The van der Waals surface area contributed by atoms with E-state index in [2.05, 4.69) is 15.5 Å². The van der Waals surface area contributed by atoms with Gasteiger partial charge in [-0.15, -0.1) is 0 Å². The lowest BCUT2D eigenvalue weighted by atomic mass is 9.91. The number of nitrogens with zero attached hydrogens (tertiary/aromatic N) is 1. The topological polar surface area (TPSA) is 44.4 Å². The standard InChI is InChI=1S/C17H27N3O/c1-17(2,13-20-11-7-10-15(20)12-18-3)16(21)19-14-8-5-4-6-9-14/h4-6,8-9,15,18H,7,10-13H2,1-3H3,(H,19,21). The van der Waals surface area contributed by atoms with Crippen LogP contribution in [0.25, 0.3) is 0 Å². The molecule has 1 aromatic carbocycles. The van der Waals surface area contributed by atoms with Crippen LogP contribution in [0.4, 0.5) is 5.69 Å². The third kappa shape index (κ3) is 4.29. The van der Waals surface area contributed by atoms with Crippen molar-refractivity contribution < 1.29 is 4.79 Å². The van der Waals surface area contributed by atoms with E-state index in [1.807, 2.05) is 51.2 Å². The molecule has 0 saturated carbocycles. The van der Waals surface area contributed by atoms with Gasteiger partial charge in [0.05, 0.1) is 5.41 Å². The summed E-state index contributed by atoms with van der Waals surface area (Å²) in [4.78, 5) is 15.0. The van der Waals surface area contributed by atoms with Crippen molar-refractivity contribution in [1.29, 1.82) is 0 Å². The first kappa shape index (κ1) is 16.0. The van der Waals surface area contributed by atoms with Gasteiger partial charge in [-0.25, -0.2) is 0 Å². The Morgan fingerprint density at radius 1 is 1.33 bits per heavy atom. The van der Waals surface area contributed by atoms with Crippen molar-refractivity contribution in [2.75, 3.05) is 32.0 Å². The average Bonchev–Trinajstić information content (AvgIpc) is 2.87. The number of para-hydroxylation sites is 1. The zero-order valence-electron chi connectivity index (χ0n) is 13.4. The van der Waals surface area contributed by atoms with Crippen LogP contribution >= 0.6 is 0 Å². The first-order valence-corrected chi connectivity index (χ1v) is 7.78. The van der Waals surface area contributed by atoms with Crippen molar-refractivity contribution in [3.63, 3.8) is 0 Å². The number of anilines is 1. The summed E-state index contributed by atoms with van der Waals surface area (Å²) in [7, 11) is 1.99. The summed E-state index contributed by atoms with van der Waals surface area (Å²) in [5.74, 6) is 0.0869. The molecule has 0 aliphatic carbocycles. The van der Waals surface area contributed by atoms with Gasteiger partial charge in [0.15, 0.2) is 0 Å². The average molecular weight is 289 g/mol. The van der Waals surface area contributed by atoms with E-state index < -0.39 is 5.41 Å². The Morgan fingerprint density at radius 3 is 2.71 bits per heavy atom. The second-order valence-corrected chi connectivity index (χ2v) is 6.53. The Labute approximate surface area is 127 Å². The molecular weight excluding hydrogens is 262 g/mol. The Morgan fingerprint density at radius 2 is 2.05 bits per heavy atom. The summed E-state index contributed by atoms with van der Waals surface area (Å²) < 4.78 is 0. The molecule has 4 nitrogen and oxygen atoms in total. The van der Waals surface area contributed by atoms with Crippen molar-refractivity contribution >= 4 is 11.6 Å². The van der Waals surface area contributed by atoms with E-state index in [0.29, 0.717) is 6.04 Å². The summed E-state index contributed by atoms with van der Waals surface area (Å²) in [6, 6.07) is 10.2.